The molecule has 2 rings (SSSR count). The molecule has 0 fully saturated rings. The number of aromatic nitrogens is 1. The van der Waals surface area contributed by atoms with Crippen LogP contribution in [0.1, 0.15) is 17.4 Å². The summed E-state index contributed by atoms with van der Waals surface area (Å²) in [7, 11) is 1.69. The lowest BCUT2D eigenvalue weighted by Gasteiger charge is -2.22. The van der Waals surface area contributed by atoms with Crippen LogP contribution < -0.4 is 10.1 Å². The normalized spacial score (nSPS) is 19.4. The first-order chi connectivity index (χ1) is 6.59. The molecule has 0 amide bonds. The predicted octanol–water partition coefficient (Wildman–Crippen LogP) is 0.916. The molecule has 1 atom stereocenters. The lowest BCUT2D eigenvalue weighted by atomic mass is 10.2. The maximum absolute atomic E-state index is 10.9. The summed E-state index contributed by atoms with van der Waals surface area (Å²) in [6, 6.07) is 0. The number of ether oxygens (including phenoxy) is 1. The van der Waals surface area contributed by atoms with Crippen molar-refractivity contribution < 1.29 is 14.6 Å². The minimum atomic E-state index is -0.945. The molecule has 0 aliphatic carbocycles. The van der Waals surface area contributed by atoms with Gasteiger partial charge in [0.1, 0.15) is 11.8 Å². The lowest BCUT2D eigenvalue weighted by Crippen LogP contribution is -2.27. The quantitative estimate of drug-likeness (QED) is 0.701. The monoisotopic (exact) mass is 196 g/mol. The first-order valence-corrected chi connectivity index (χ1v) is 4.42. The van der Waals surface area contributed by atoms with E-state index >= 15 is 0 Å². The summed E-state index contributed by atoms with van der Waals surface area (Å²) < 4.78 is 7.05. The summed E-state index contributed by atoms with van der Waals surface area (Å²) in [5.74, 6) is -0.331. The molecular formula is C9H12N2O3. The number of carboxylic acids is 1. The summed E-state index contributed by atoms with van der Waals surface area (Å²) in [5, 5.41) is 12.0. The standard InChI is InChI=1S/C9H12N2O3/c1-5-3-10-7-6(14-5)4-11(2)8(7)9(12)13/h4-5,10H,3H2,1-2H3,(H,12,13). The Labute approximate surface area is 81.3 Å². The van der Waals surface area contributed by atoms with Crippen LogP contribution >= 0.6 is 0 Å². The van der Waals surface area contributed by atoms with E-state index in [1.807, 2.05) is 6.92 Å². The van der Waals surface area contributed by atoms with Gasteiger partial charge in [-0.15, -0.1) is 0 Å². The topological polar surface area (TPSA) is 63.5 Å². The third kappa shape index (κ3) is 1.21. The van der Waals surface area contributed by atoms with Crippen LogP contribution in [0.5, 0.6) is 5.75 Å². The number of nitrogens with zero attached hydrogens (tertiary/aromatic N) is 1. The minimum absolute atomic E-state index is 0.0755. The summed E-state index contributed by atoms with van der Waals surface area (Å²) in [6.45, 7) is 2.57. The number of carbonyl (C=O) groups is 1. The lowest BCUT2D eigenvalue weighted by molar-refractivity contribution is 0.0687. The van der Waals surface area contributed by atoms with Crippen LogP contribution in [0.15, 0.2) is 6.20 Å². The first-order valence-electron chi connectivity index (χ1n) is 4.42. The van der Waals surface area contributed by atoms with Crippen LogP contribution in [0.25, 0.3) is 0 Å². The van der Waals surface area contributed by atoms with Crippen LogP contribution in [0.2, 0.25) is 0 Å². The molecule has 14 heavy (non-hydrogen) atoms. The molecule has 2 heterocycles. The molecule has 1 aliphatic heterocycles. The second-order valence-electron chi connectivity index (χ2n) is 3.44. The second kappa shape index (κ2) is 2.94. The zero-order valence-corrected chi connectivity index (χ0v) is 8.07. The Balaban J connectivity index is 2.49. The van der Waals surface area contributed by atoms with Crippen LogP contribution in [0, 0.1) is 0 Å². The fraction of sp³-hybridized carbons (Fsp3) is 0.444. The number of anilines is 1. The molecule has 0 spiro atoms. The van der Waals surface area contributed by atoms with Gasteiger partial charge in [-0.25, -0.2) is 4.79 Å². The molecule has 0 saturated carbocycles. The molecular weight excluding hydrogens is 184 g/mol. The van der Waals surface area contributed by atoms with Gasteiger partial charge in [0.15, 0.2) is 11.4 Å². The van der Waals surface area contributed by atoms with Gasteiger partial charge in [-0.1, -0.05) is 0 Å². The summed E-state index contributed by atoms with van der Waals surface area (Å²) in [6.07, 6.45) is 1.76. The Morgan fingerprint density at radius 3 is 3.14 bits per heavy atom. The smallest absolute Gasteiger partial charge is 0.354 e. The van der Waals surface area contributed by atoms with Crippen molar-refractivity contribution in [2.24, 2.45) is 7.05 Å². The SMILES string of the molecule is CC1CNc2c(cn(C)c2C(=O)O)O1. The van der Waals surface area contributed by atoms with Gasteiger partial charge in [0.05, 0.1) is 6.54 Å². The fourth-order valence-electron chi connectivity index (χ4n) is 1.62. The summed E-state index contributed by atoms with van der Waals surface area (Å²) in [4.78, 5) is 10.9. The third-order valence-corrected chi connectivity index (χ3v) is 2.24. The van der Waals surface area contributed by atoms with Gasteiger partial charge >= 0.3 is 5.97 Å². The van der Waals surface area contributed by atoms with Crippen LogP contribution in [-0.4, -0.2) is 28.3 Å². The molecule has 5 heteroatoms. The molecule has 76 valence electrons. The average Bonchev–Trinajstić information content (AvgIpc) is 2.39. The van der Waals surface area contributed by atoms with Crippen molar-refractivity contribution in [3.8, 4) is 5.75 Å². The number of hydrogen-bond donors (Lipinski definition) is 2. The molecule has 0 aromatic carbocycles. The van der Waals surface area contributed by atoms with Crippen molar-refractivity contribution in [3.63, 3.8) is 0 Å². The van der Waals surface area contributed by atoms with Gasteiger partial charge in [-0.05, 0) is 6.92 Å². The largest absolute Gasteiger partial charge is 0.485 e. The zero-order valence-electron chi connectivity index (χ0n) is 8.07. The highest BCUT2D eigenvalue weighted by Crippen LogP contribution is 2.33. The maximum atomic E-state index is 10.9. The predicted molar refractivity (Wildman–Crippen MR) is 51.0 cm³/mol. The van der Waals surface area contributed by atoms with E-state index in [1.54, 1.807) is 17.8 Å². The van der Waals surface area contributed by atoms with Crippen molar-refractivity contribution in [2.45, 2.75) is 13.0 Å². The first kappa shape index (κ1) is 8.93. The van der Waals surface area contributed by atoms with E-state index in [2.05, 4.69) is 5.32 Å². The highest BCUT2D eigenvalue weighted by atomic mass is 16.5. The van der Waals surface area contributed by atoms with Crippen molar-refractivity contribution in [2.75, 3.05) is 11.9 Å². The molecule has 2 N–H and O–H groups in total. The highest BCUT2D eigenvalue weighted by molar-refractivity contribution is 5.95. The summed E-state index contributed by atoms with van der Waals surface area (Å²) in [5.41, 5.74) is 0.824. The van der Waals surface area contributed by atoms with Crippen molar-refractivity contribution in [1.82, 2.24) is 4.57 Å². The Kier molecular flexibility index (Phi) is 1.87. The van der Waals surface area contributed by atoms with Gasteiger partial charge in [-0.3, -0.25) is 0 Å². The van der Waals surface area contributed by atoms with E-state index in [4.69, 9.17) is 9.84 Å². The van der Waals surface area contributed by atoms with E-state index in [-0.39, 0.29) is 11.8 Å². The van der Waals surface area contributed by atoms with E-state index in [0.29, 0.717) is 18.0 Å². The Bertz CT molecular complexity index is 384. The van der Waals surface area contributed by atoms with Gasteiger partial charge in [-0.2, -0.15) is 0 Å². The van der Waals surface area contributed by atoms with Crippen molar-refractivity contribution in [3.05, 3.63) is 11.9 Å². The number of aryl methyl sites for hydroxylation is 1. The van der Waals surface area contributed by atoms with Gasteiger partial charge < -0.3 is 19.7 Å². The van der Waals surface area contributed by atoms with Crippen molar-refractivity contribution in [1.29, 1.82) is 0 Å². The molecule has 0 bridgehead atoms. The number of fused-ring (bicyclic) bond motifs is 1. The Morgan fingerprint density at radius 1 is 1.79 bits per heavy atom. The van der Waals surface area contributed by atoms with E-state index < -0.39 is 5.97 Å². The third-order valence-electron chi connectivity index (χ3n) is 2.24. The van der Waals surface area contributed by atoms with Gasteiger partial charge in [0.25, 0.3) is 0 Å². The van der Waals surface area contributed by atoms with E-state index in [0.717, 1.165) is 0 Å². The highest BCUT2D eigenvalue weighted by Gasteiger charge is 2.25. The molecule has 1 unspecified atom stereocenters. The molecule has 5 nitrogen and oxygen atoms in total. The molecule has 0 saturated heterocycles. The second-order valence-corrected chi connectivity index (χ2v) is 3.44. The maximum Gasteiger partial charge on any atom is 0.354 e. The fourth-order valence-corrected chi connectivity index (χ4v) is 1.62. The van der Waals surface area contributed by atoms with Gasteiger partial charge in [0.2, 0.25) is 0 Å². The Hall–Kier alpha value is -1.65. The number of carboxylic acid groups (broad SMARTS) is 1. The Morgan fingerprint density at radius 2 is 2.50 bits per heavy atom. The van der Waals surface area contributed by atoms with E-state index in [9.17, 15) is 4.79 Å². The van der Waals surface area contributed by atoms with E-state index in [1.165, 1.54) is 0 Å². The van der Waals surface area contributed by atoms with Gasteiger partial charge in [0, 0.05) is 13.2 Å². The van der Waals surface area contributed by atoms with Crippen LogP contribution in [-0.2, 0) is 7.05 Å². The van der Waals surface area contributed by atoms with Crippen LogP contribution in [0.3, 0.4) is 0 Å². The summed E-state index contributed by atoms with van der Waals surface area (Å²) >= 11 is 0. The molecule has 1 aliphatic rings. The molecule has 1 aromatic rings. The number of hydrogen-bond acceptors (Lipinski definition) is 3. The number of rotatable bonds is 1. The van der Waals surface area contributed by atoms with Crippen molar-refractivity contribution >= 4 is 11.7 Å². The number of nitrogens with one attached hydrogen (secondary N) is 1. The molecule has 1 aromatic heterocycles. The zero-order chi connectivity index (χ0) is 10.3. The average molecular weight is 196 g/mol. The van der Waals surface area contributed by atoms with Crippen LogP contribution in [0.4, 0.5) is 5.69 Å². The number of aromatic carboxylic acids is 1. The molecule has 0 radical (unpaired) electrons. The minimum Gasteiger partial charge on any atom is -0.485 e.